The topological polar surface area (TPSA) is 90.0 Å². The molecule has 0 aromatic carbocycles. The molecule has 7 heteroatoms. The molecule has 2 heterocycles. The molecule has 3 amide bonds. The van der Waals surface area contributed by atoms with Gasteiger partial charge in [-0.15, -0.1) is 0 Å². The second kappa shape index (κ2) is 8.54. The lowest BCUT2D eigenvalue weighted by Gasteiger charge is -2.37. The number of carbonyl (C=O) groups is 3. The fraction of sp³-hybridized carbons (Fsp3) is 0.833. The van der Waals surface area contributed by atoms with Crippen LogP contribution in [0.2, 0.25) is 0 Å². The number of nitrogens with zero attached hydrogens (tertiary/aromatic N) is 2. The predicted molar refractivity (Wildman–Crippen MR) is 94.2 cm³/mol. The van der Waals surface area contributed by atoms with Gasteiger partial charge >= 0.3 is 12.0 Å². The van der Waals surface area contributed by atoms with Crippen LogP contribution in [-0.2, 0) is 9.59 Å². The minimum atomic E-state index is -0.904. The smallest absolute Gasteiger partial charge is 0.320 e. The maximum absolute atomic E-state index is 12.7. The van der Waals surface area contributed by atoms with Crippen molar-refractivity contribution in [2.45, 2.75) is 64.3 Å². The second-order valence-corrected chi connectivity index (χ2v) is 7.31. The average Bonchev–Trinajstić information content (AvgIpc) is 3.14. The number of carboxylic acid groups (broad SMARTS) is 1. The number of hydrogen-bond acceptors (Lipinski definition) is 3. The van der Waals surface area contributed by atoms with Crippen molar-refractivity contribution in [3.8, 4) is 0 Å². The third kappa shape index (κ3) is 4.86. The summed E-state index contributed by atoms with van der Waals surface area (Å²) in [5.41, 5.74) is -0.704. The van der Waals surface area contributed by atoms with Gasteiger partial charge in [-0.05, 0) is 38.5 Å². The zero-order valence-electron chi connectivity index (χ0n) is 15.4. The lowest BCUT2D eigenvalue weighted by atomic mass is 9.87. The van der Waals surface area contributed by atoms with E-state index in [2.05, 4.69) is 5.32 Å². The number of likely N-dealkylation sites (tertiary alicyclic amines) is 2. The van der Waals surface area contributed by atoms with Crippen LogP contribution < -0.4 is 5.32 Å². The molecule has 142 valence electrons. The van der Waals surface area contributed by atoms with E-state index < -0.39 is 11.5 Å². The Kier molecular flexibility index (Phi) is 6.67. The normalized spacial score (nSPS) is 21.3. The minimum absolute atomic E-state index is 0.0396. The molecule has 0 saturated carbocycles. The molecule has 0 radical (unpaired) electrons. The van der Waals surface area contributed by atoms with E-state index in [0.29, 0.717) is 25.9 Å². The van der Waals surface area contributed by atoms with Crippen molar-refractivity contribution < 1.29 is 19.5 Å². The summed E-state index contributed by atoms with van der Waals surface area (Å²) >= 11 is 0. The number of carbonyl (C=O) groups excluding carboxylic acids is 2. The molecule has 7 nitrogen and oxygen atoms in total. The number of carboxylic acids is 1. The highest BCUT2D eigenvalue weighted by molar-refractivity contribution is 5.82. The first-order chi connectivity index (χ1) is 11.9. The molecule has 2 aliphatic rings. The van der Waals surface area contributed by atoms with Gasteiger partial charge in [0.05, 0.1) is 12.3 Å². The Bertz CT molecular complexity index is 499. The van der Waals surface area contributed by atoms with Crippen molar-refractivity contribution in [1.82, 2.24) is 15.1 Å². The van der Waals surface area contributed by atoms with E-state index >= 15 is 0 Å². The Hall–Kier alpha value is -1.79. The fourth-order valence-corrected chi connectivity index (χ4v) is 3.85. The van der Waals surface area contributed by atoms with Crippen molar-refractivity contribution in [3.05, 3.63) is 0 Å². The van der Waals surface area contributed by atoms with Gasteiger partial charge in [-0.2, -0.15) is 0 Å². The molecule has 0 bridgehead atoms. The number of hydrogen-bond donors (Lipinski definition) is 2. The number of amides is 3. The first-order valence-electron chi connectivity index (χ1n) is 9.48. The third-order valence-corrected chi connectivity index (χ3v) is 5.67. The van der Waals surface area contributed by atoms with Crippen LogP contribution in [-0.4, -0.2) is 64.5 Å². The summed E-state index contributed by atoms with van der Waals surface area (Å²) < 4.78 is 0. The summed E-state index contributed by atoms with van der Waals surface area (Å²) in [6, 6.07) is 0.0396. The highest BCUT2D eigenvalue weighted by atomic mass is 16.4. The van der Waals surface area contributed by atoms with Gasteiger partial charge in [-0.1, -0.05) is 13.8 Å². The molecular weight excluding hydrogens is 322 g/mol. The van der Waals surface area contributed by atoms with Gasteiger partial charge in [0, 0.05) is 31.7 Å². The Morgan fingerprint density at radius 2 is 1.64 bits per heavy atom. The molecule has 0 spiro atoms. The third-order valence-electron chi connectivity index (χ3n) is 5.67. The van der Waals surface area contributed by atoms with Crippen LogP contribution in [0.4, 0.5) is 4.79 Å². The van der Waals surface area contributed by atoms with E-state index in [9.17, 15) is 14.4 Å². The monoisotopic (exact) mass is 353 g/mol. The Morgan fingerprint density at radius 3 is 2.20 bits per heavy atom. The standard InChI is InChI=1S/C18H31N3O4/c1-3-18(4-2,12-15(22)23)19-16(24)14-8-7-11-21(13-14)17(25)20-9-5-6-10-20/h14H,3-13H2,1-2H3,(H,19,24)(H,22,23). The summed E-state index contributed by atoms with van der Waals surface area (Å²) in [6.07, 6.45) is 4.72. The van der Waals surface area contributed by atoms with Crippen molar-refractivity contribution in [2.75, 3.05) is 26.2 Å². The molecule has 1 unspecified atom stereocenters. The van der Waals surface area contributed by atoms with Gasteiger partial charge in [-0.3, -0.25) is 9.59 Å². The summed E-state index contributed by atoms with van der Waals surface area (Å²) in [5.74, 6) is -1.28. The molecule has 2 saturated heterocycles. The van der Waals surface area contributed by atoms with E-state index in [1.54, 1.807) is 4.90 Å². The molecular formula is C18H31N3O4. The van der Waals surface area contributed by atoms with Gasteiger partial charge < -0.3 is 20.2 Å². The highest BCUT2D eigenvalue weighted by Crippen LogP contribution is 2.24. The SMILES string of the molecule is CCC(CC)(CC(=O)O)NC(=O)C1CCCN(C(=O)N2CCCC2)C1. The molecule has 2 N–H and O–H groups in total. The molecule has 2 fully saturated rings. The lowest BCUT2D eigenvalue weighted by Crippen LogP contribution is -2.54. The second-order valence-electron chi connectivity index (χ2n) is 7.31. The van der Waals surface area contributed by atoms with Crippen molar-refractivity contribution in [2.24, 2.45) is 5.92 Å². The van der Waals surface area contributed by atoms with Gasteiger partial charge in [0.25, 0.3) is 0 Å². The van der Waals surface area contributed by atoms with Gasteiger partial charge in [0.15, 0.2) is 0 Å². The van der Waals surface area contributed by atoms with E-state index in [4.69, 9.17) is 5.11 Å². The summed E-state index contributed by atoms with van der Waals surface area (Å²) in [6.45, 7) is 6.53. The largest absolute Gasteiger partial charge is 0.481 e. The Morgan fingerprint density at radius 1 is 1.04 bits per heavy atom. The maximum Gasteiger partial charge on any atom is 0.320 e. The van der Waals surface area contributed by atoms with Crippen LogP contribution in [0, 0.1) is 5.92 Å². The number of piperidine rings is 1. The van der Waals surface area contributed by atoms with E-state index in [0.717, 1.165) is 38.8 Å². The lowest BCUT2D eigenvalue weighted by molar-refractivity contribution is -0.139. The summed E-state index contributed by atoms with van der Waals surface area (Å²) in [5, 5.41) is 12.1. The molecule has 2 rings (SSSR count). The van der Waals surface area contributed by atoms with Crippen LogP contribution in [0.3, 0.4) is 0 Å². The molecule has 0 aromatic rings. The van der Waals surface area contributed by atoms with Crippen molar-refractivity contribution >= 4 is 17.9 Å². The van der Waals surface area contributed by atoms with Crippen LogP contribution in [0.25, 0.3) is 0 Å². The maximum atomic E-state index is 12.7. The predicted octanol–water partition coefficient (Wildman–Crippen LogP) is 2.06. The number of aliphatic carboxylic acids is 1. The summed E-state index contributed by atoms with van der Waals surface area (Å²) in [4.78, 5) is 40.1. The first kappa shape index (κ1) is 19.5. The van der Waals surface area contributed by atoms with Gasteiger partial charge in [0.2, 0.25) is 5.91 Å². The van der Waals surface area contributed by atoms with E-state index in [1.807, 2.05) is 18.7 Å². The van der Waals surface area contributed by atoms with Crippen molar-refractivity contribution in [3.63, 3.8) is 0 Å². The quantitative estimate of drug-likeness (QED) is 0.765. The number of urea groups is 1. The Labute approximate surface area is 149 Å². The van der Waals surface area contributed by atoms with Gasteiger partial charge in [0.1, 0.15) is 0 Å². The van der Waals surface area contributed by atoms with Crippen molar-refractivity contribution in [1.29, 1.82) is 0 Å². The van der Waals surface area contributed by atoms with E-state index in [1.165, 1.54) is 0 Å². The number of rotatable bonds is 6. The summed E-state index contributed by atoms with van der Waals surface area (Å²) in [7, 11) is 0. The Balaban J connectivity index is 1.98. The zero-order valence-corrected chi connectivity index (χ0v) is 15.4. The highest BCUT2D eigenvalue weighted by Gasteiger charge is 2.36. The van der Waals surface area contributed by atoms with Crippen LogP contribution in [0.1, 0.15) is 58.8 Å². The molecule has 2 aliphatic heterocycles. The fourth-order valence-electron chi connectivity index (χ4n) is 3.85. The number of nitrogens with one attached hydrogen (secondary N) is 1. The van der Waals surface area contributed by atoms with Gasteiger partial charge in [-0.25, -0.2) is 4.79 Å². The molecule has 1 atom stereocenters. The molecule has 25 heavy (non-hydrogen) atoms. The zero-order chi connectivity index (χ0) is 18.4. The van der Waals surface area contributed by atoms with E-state index in [-0.39, 0.29) is 24.3 Å². The average molecular weight is 353 g/mol. The molecule has 0 aliphatic carbocycles. The minimum Gasteiger partial charge on any atom is -0.481 e. The first-order valence-corrected chi connectivity index (χ1v) is 9.48. The molecule has 0 aromatic heterocycles. The van der Waals surface area contributed by atoms with Crippen LogP contribution >= 0.6 is 0 Å². The van der Waals surface area contributed by atoms with Crippen LogP contribution in [0.5, 0.6) is 0 Å². The van der Waals surface area contributed by atoms with Crippen LogP contribution in [0.15, 0.2) is 0 Å².